The van der Waals surface area contributed by atoms with Gasteiger partial charge in [0.05, 0.1) is 5.56 Å². The number of aldehydes is 1. The first-order chi connectivity index (χ1) is 9.23. The van der Waals surface area contributed by atoms with E-state index in [9.17, 15) is 18.0 Å². The highest BCUT2D eigenvalue weighted by Crippen LogP contribution is 2.43. The zero-order valence-corrected chi connectivity index (χ0v) is 11.6. The number of benzene rings is 1. The van der Waals surface area contributed by atoms with E-state index < -0.39 is 11.7 Å². The van der Waals surface area contributed by atoms with Crippen LogP contribution in [-0.4, -0.2) is 6.29 Å². The second-order valence-corrected chi connectivity index (χ2v) is 6.04. The van der Waals surface area contributed by atoms with Crippen LogP contribution in [-0.2, 0) is 11.0 Å². The van der Waals surface area contributed by atoms with Gasteiger partial charge in [0.2, 0.25) is 0 Å². The third-order valence-corrected chi connectivity index (χ3v) is 3.79. The molecule has 0 radical (unpaired) electrons. The fourth-order valence-electron chi connectivity index (χ4n) is 2.61. The SMILES string of the molecule is CC1(C)CCC(C=O)=C(c2cccc(C(F)(F)F)c2)C1. The van der Waals surface area contributed by atoms with E-state index in [-0.39, 0.29) is 5.41 Å². The minimum absolute atomic E-state index is 0.0100. The van der Waals surface area contributed by atoms with Crippen molar-refractivity contribution >= 4 is 11.9 Å². The molecule has 4 heteroatoms. The lowest BCUT2D eigenvalue weighted by atomic mass is 9.73. The zero-order chi connectivity index (χ0) is 15.0. The summed E-state index contributed by atoms with van der Waals surface area (Å²) in [6.07, 6.45) is -1.44. The van der Waals surface area contributed by atoms with Crippen molar-refractivity contribution in [2.45, 2.75) is 39.3 Å². The second kappa shape index (κ2) is 5.08. The van der Waals surface area contributed by atoms with Crippen LogP contribution in [0.5, 0.6) is 0 Å². The largest absolute Gasteiger partial charge is 0.416 e. The normalized spacial score (nSPS) is 19.1. The van der Waals surface area contributed by atoms with Crippen LogP contribution in [0.15, 0.2) is 29.8 Å². The van der Waals surface area contributed by atoms with Crippen LogP contribution in [0.25, 0.3) is 5.57 Å². The Hall–Kier alpha value is -1.58. The number of allylic oxidation sites excluding steroid dienone is 2. The highest BCUT2D eigenvalue weighted by molar-refractivity contribution is 5.89. The number of alkyl halides is 3. The van der Waals surface area contributed by atoms with Gasteiger partial charge in [-0.25, -0.2) is 0 Å². The molecule has 108 valence electrons. The maximum atomic E-state index is 12.8. The number of halogens is 3. The van der Waals surface area contributed by atoms with Gasteiger partial charge in [0.15, 0.2) is 0 Å². The summed E-state index contributed by atoms with van der Waals surface area (Å²) in [7, 11) is 0. The van der Waals surface area contributed by atoms with Gasteiger partial charge in [-0.15, -0.1) is 0 Å². The van der Waals surface area contributed by atoms with Crippen molar-refractivity contribution in [2.24, 2.45) is 5.41 Å². The van der Waals surface area contributed by atoms with Crippen molar-refractivity contribution < 1.29 is 18.0 Å². The fourth-order valence-corrected chi connectivity index (χ4v) is 2.61. The summed E-state index contributed by atoms with van der Waals surface area (Å²) in [6.45, 7) is 4.14. The predicted octanol–water partition coefficient (Wildman–Crippen LogP) is 4.87. The van der Waals surface area contributed by atoms with E-state index in [0.29, 0.717) is 24.0 Å². The van der Waals surface area contributed by atoms with Gasteiger partial charge in [-0.3, -0.25) is 4.79 Å². The summed E-state index contributed by atoms with van der Waals surface area (Å²) in [5.41, 5.74) is 1.23. The first-order valence-corrected chi connectivity index (χ1v) is 6.58. The molecule has 0 aromatic heterocycles. The summed E-state index contributed by atoms with van der Waals surface area (Å²) >= 11 is 0. The fraction of sp³-hybridized carbons (Fsp3) is 0.438. The predicted molar refractivity (Wildman–Crippen MR) is 72.1 cm³/mol. The quantitative estimate of drug-likeness (QED) is 0.707. The molecule has 0 aliphatic heterocycles. The van der Waals surface area contributed by atoms with Crippen LogP contribution >= 0.6 is 0 Å². The monoisotopic (exact) mass is 282 g/mol. The molecule has 0 amide bonds. The van der Waals surface area contributed by atoms with E-state index >= 15 is 0 Å². The van der Waals surface area contributed by atoms with E-state index in [1.54, 1.807) is 6.07 Å². The van der Waals surface area contributed by atoms with Crippen LogP contribution in [0.4, 0.5) is 13.2 Å². The Bertz CT molecular complexity index is 553. The first kappa shape index (κ1) is 14.8. The molecule has 2 rings (SSSR count). The van der Waals surface area contributed by atoms with Crippen molar-refractivity contribution in [1.82, 2.24) is 0 Å². The molecular formula is C16H17F3O. The van der Waals surface area contributed by atoms with Crippen molar-refractivity contribution in [3.8, 4) is 0 Å². The van der Waals surface area contributed by atoms with E-state index in [1.165, 1.54) is 6.07 Å². The summed E-state index contributed by atoms with van der Waals surface area (Å²) in [5, 5.41) is 0. The molecule has 0 bridgehead atoms. The first-order valence-electron chi connectivity index (χ1n) is 6.58. The van der Waals surface area contributed by atoms with Gasteiger partial charge in [0.1, 0.15) is 6.29 Å². The molecule has 0 saturated carbocycles. The lowest BCUT2D eigenvalue weighted by Gasteiger charge is -2.32. The average Bonchev–Trinajstić information content (AvgIpc) is 2.37. The Morgan fingerprint density at radius 2 is 1.95 bits per heavy atom. The standard InChI is InChI=1S/C16H17F3O/c1-15(2)7-6-12(10-20)14(9-15)11-4-3-5-13(8-11)16(17,18)19/h3-5,8,10H,6-7,9H2,1-2H3. The Morgan fingerprint density at radius 1 is 1.25 bits per heavy atom. The van der Waals surface area contributed by atoms with E-state index in [4.69, 9.17) is 0 Å². The van der Waals surface area contributed by atoms with Gasteiger partial charge in [0.25, 0.3) is 0 Å². The minimum Gasteiger partial charge on any atom is -0.298 e. The van der Waals surface area contributed by atoms with Gasteiger partial charge in [0, 0.05) is 0 Å². The summed E-state index contributed by atoms with van der Waals surface area (Å²) in [5.74, 6) is 0. The third kappa shape index (κ3) is 3.11. The van der Waals surface area contributed by atoms with Gasteiger partial charge < -0.3 is 0 Å². The molecule has 0 fully saturated rings. The van der Waals surface area contributed by atoms with Crippen LogP contribution in [0.1, 0.15) is 44.2 Å². The molecular weight excluding hydrogens is 265 g/mol. The van der Waals surface area contributed by atoms with E-state index in [0.717, 1.165) is 30.4 Å². The summed E-state index contributed by atoms with van der Waals surface area (Å²) in [4.78, 5) is 11.2. The molecule has 1 aromatic rings. The minimum atomic E-state index is -4.36. The van der Waals surface area contributed by atoms with Crippen molar-refractivity contribution in [3.05, 3.63) is 41.0 Å². The summed E-state index contributed by atoms with van der Waals surface area (Å²) < 4.78 is 38.3. The van der Waals surface area contributed by atoms with Crippen molar-refractivity contribution in [2.75, 3.05) is 0 Å². The molecule has 0 N–H and O–H groups in total. The lowest BCUT2D eigenvalue weighted by molar-refractivity contribution is -0.137. The van der Waals surface area contributed by atoms with Gasteiger partial charge >= 0.3 is 6.18 Å². The van der Waals surface area contributed by atoms with Gasteiger partial charge in [-0.05, 0) is 53.5 Å². The van der Waals surface area contributed by atoms with Crippen molar-refractivity contribution in [3.63, 3.8) is 0 Å². The number of carbonyl (C=O) groups is 1. The molecule has 20 heavy (non-hydrogen) atoms. The lowest BCUT2D eigenvalue weighted by Crippen LogP contribution is -2.18. The molecule has 1 aliphatic rings. The topological polar surface area (TPSA) is 17.1 Å². The Balaban J connectivity index is 2.48. The second-order valence-electron chi connectivity index (χ2n) is 6.04. The molecule has 0 saturated heterocycles. The number of carbonyl (C=O) groups excluding carboxylic acids is 1. The Labute approximate surface area is 116 Å². The van der Waals surface area contributed by atoms with Crippen molar-refractivity contribution in [1.29, 1.82) is 0 Å². The maximum Gasteiger partial charge on any atom is 0.416 e. The van der Waals surface area contributed by atoms with Crippen LogP contribution in [0.3, 0.4) is 0 Å². The van der Waals surface area contributed by atoms with Crippen LogP contribution in [0.2, 0.25) is 0 Å². The number of rotatable bonds is 2. The maximum absolute atomic E-state index is 12.8. The van der Waals surface area contributed by atoms with E-state index in [1.807, 2.05) is 0 Å². The zero-order valence-electron chi connectivity index (χ0n) is 11.6. The number of hydrogen-bond donors (Lipinski definition) is 0. The van der Waals surface area contributed by atoms with Crippen LogP contribution < -0.4 is 0 Å². The number of hydrogen-bond acceptors (Lipinski definition) is 1. The average molecular weight is 282 g/mol. The Kier molecular flexibility index (Phi) is 3.76. The molecule has 0 unspecified atom stereocenters. The molecule has 1 nitrogen and oxygen atoms in total. The molecule has 0 atom stereocenters. The summed E-state index contributed by atoms with van der Waals surface area (Å²) in [6, 6.07) is 5.24. The molecule has 1 aliphatic carbocycles. The molecule has 0 heterocycles. The van der Waals surface area contributed by atoms with Gasteiger partial charge in [-0.2, -0.15) is 13.2 Å². The Morgan fingerprint density at radius 3 is 2.55 bits per heavy atom. The van der Waals surface area contributed by atoms with Gasteiger partial charge in [-0.1, -0.05) is 26.0 Å². The molecule has 0 spiro atoms. The smallest absolute Gasteiger partial charge is 0.298 e. The highest BCUT2D eigenvalue weighted by atomic mass is 19.4. The van der Waals surface area contributed by atoms with E-state index in [2.05, 4.69) is 13.8 Å². The molecule has 1 aromatic carbocycles. The third-order valence-electron chi connectivity index (χ3n) is 3.79. The van der Waals surface area contributed by atoms with Crippen LogP contribution in [0, 0.1) is 5.41 Å². The highest BCUT2D eigenvalue weighted by Gasteiger charge is 2.32.